The van der Waals surface area contributed by atoms with E-state index in [0.29, 0.717) is 13.1 Å². The van der Waals surface area contributed by atoms with Gasteiger partial charge in [0.15, 0.2) is 0 Å². The first-order valence-corrected chi connectivity index (χ1v) is 8.58. The van der Waals surface area contributed by atoms with Crippen molar-refractivity contribution < 1.29 is 26.4 Å². The summed E-state index contributed by atoms with van der Waals surface area (Å²) in [7, 11) is -3.78. The second-order valence-electron chi connectivity index (χ2n) is 5.05. The van der Waals surface area contributed by atoms with Crippen molar-refractivity contribution in [2.75, 3.05) is 19.6 Å². The fraction of sp³-hybridized carbons (Fsp3) is 0.462. The molecular formula is C13H14ClF3N2O3S. The number of halogens is 4. The third-order valence-electron chi connectivity index (χ3n) is 3.33. The van der Waals surface area contributed by atoms with Crippen LogP contribution in [0.1, 0.15) is 23.2 Å². The van der Waals surface area contributed by atoms with Gasteiger partial charge >= 0.3 is 6.18 Å². The Morgan fingerprint density at radius 2 is 1.87 bits per heavy atom. The van der Waals surface area contributed by atoms with E-state index in [1.54, 1.807) is 5.32 Å². The minimum absolute atomic E-state index is 0.120. The average molecular weight is 371 g/mol. The van der Waals surface area contributed by atoms with Crippen LogP contribution in [0.3, 0.4) is 0 Å². The van der Waals surface area contributed by atoms with Gasteiger partial charge in [0, 0.05) is 13.1 Å². The summed E-state index contributed by atoms with van der Waals surface area (Å²) in [6, 6.07) is 3.42. The van der Waals surface area contributed by atoms with Gasteiger partial charge in [0.2, 0.25) is 10.0 Å². The summed E-state index contributed by atoms with van der Waals surface area (Å²) in [4.78, 5) is 11.6. The van der Waals surface area contributed by atoms with Gasteiger partial charge in [-0.05, 0) is 31.0 Å². The Bertz CT molecular complexity index is 701. The minimum atomic E-state index is -4.57. The summed E-state index contributed by atoms with van der Waals surface area (Å²) in [6.07, 6.45) is -3.08. The third kappa shape index (κ3) is 4.36. The number of amides is 1. The molecule has 23 heavy (non-hydrogen) atoms. The first kappa shape index (κ1) is 18.0. The van der Waals surface area contributed by atoms with Crippen molar-refractivity contribution in [1.29, 1.82) is 0 Å². The molecule has 1 aromatic rings. The normalized spacial score (nSPS) is 16.5. The fourth-order valence-electron chi connectivity index (χ4n) is 2.19. The molecule has 0 atom stereocenters. The standard InChI is InChI=1S/C13H14ClF3N2O3S/c14-11-4-3-9(23(21,22)19-5-1-2-6-19)7-10(11)12(20)18-8-13(15,16)17/h3-4,7H,1-2,5-6,8H2,(H,18,20). The lowest BCUT2D eigenvalue weighted by Crippen LogP contribution is -2.34. The molecule has 0 bridgehead atoms. The first-order chi connectivity index (χ1) is 10.6. The molecule has 0 saturated carbocycles. The van der Waals surface area contributed by atoms with Crippen molar-refractivity contribution >= 4 is 27.5 Å². The number of carbonyl (C=O) groups is 1. The highest BCUT2D eigenvalue weighted by Gasteiger charge is 2.30. The maximum Gasteiger partial charge on any atom is 0.405 e. The molecule has 0 aromatic heterocycles. The van der Waals surface area contributed by atoms with Crippen LogP contribution in [0, 0.1) is 0 Å². The minimum Gasteiger partial charge on any atom is -0.343 e. The zero-order chi connectivity index (χ0) is 17.3. The molecule has 1 N–H and O–H groups in total. The molecule has 1 aliphatic heterocycles. The first-order valence-electron chi connectivity index (χ1n) is 6.76. The predicted octanol–water partition coefficient (Wildman–Crippen LogP) is 2.42. The van der Waals surface area contributed by atoms with Crippen LogP contribution >= 0.6 is 11.6 Å². The number of rotatable bonds is 4. The molecule has 1 heterocycles. The molecule has 1 saturated heterocycles. The molecule has 2 rings (SSSR count). The number of hydrogen-bond acceptors (Lipinski definition) is 3. The molecule has 0 aliphatic carbocycles. The van der Waals surface area contributed by atoms with Crippen molar-refractivity contribution in [3.05, 3.63) is 28.8 Å². The van der Waals surface area contributed by atoms with E-state index in [2.05, 4.69) is 0 Å². The Kier molecular flexibility index (Phi) is 5.22. The predicted molar refractivity (Wildman–Crippen MR) is 77.8 cm³/mol. The van der Waals surface area contributed by atoms with Crippen LogP contribution in [0.4, 0.5) is 13.2 Å². The highest BCUT2D eigenvalue weighted by atomic mass is 35.5. The fourth-order valence-corrected chi connectivity index (χ4v) is 3.94. The number of nitrogens with zero attached hydrogens (tertiary/aromatic N) is 1. The van der Waals surface area contributed by atoms with E-state index >= 15 is 0 Å². The summed E-state index contributed by atoms with van der Waals surface area (Å²) in [5.41, 5.74) is -0.309. The van der Waals surface area contributed by atoms with Gasteiger partial charge in [-0.25, -0.2) is 8.42 Å². The number of nitrogens with one attached hydrogen (secondary N) is 1. The molecule has 0 unspecified atom stereocenters. The number of carbonyl (C=O) groups excluding carboxylic acids is 1. The molecule has 1 aromatic carbocycles. The van der Waals surface area contributed by atoms with E-state index < -0.39 is 28.7 Å². The molecule has 5 nitrogen and oxygen atoms in total. The topological polar surface area (TPSA) is 66.5 Å². The molecule has 1 aliphatic rings. The van der Waals surface area contributed by atoms with Crippen molar-refractivity contribution in [1.82, 2.24) is 9.62 Å². The Morgan fingerprint density at radius 1 is 1.26 bits per heavy atom. The van der Waals surface area contributed by atoms with Crippen LogP contribution in [0.5, 0.6) is 0 Å². The zero-order valence-electron chi connectivity index (χ0n) is 11.9. The molecule has 128 valence electrons. The van der Waals surface area contributed by atoms with Gasteiger partial charge in [0.25, 0.3) is 5.91 Å². The average Bonchev–Trinajstić information content (AvgIpc) is 2.99. The van der Waals surface area contributed by atoms with Crippen LogP contribution in [-0.4, -0.2) is 44.4 Å². The van der Waals surface area contributed by atoms with Crippen LogP contribution in [0.2, 0.25) is 5.02 Å². The van der Waals surface area contributed by atoms with Crippen molar-refractivity contribution in [2.24, 2.45) is 0 Å². The van der Waals surface area contributed by atoms with Gasteiger partial charge in [0.1, 0.15) is 6.54 Å². The van der Waals surface area contributed by atoms with Gasteiger partial charge in [-0.2, -0.15) is 17.5 Å². The highest BCUT2D eigenvalue weighted by molar-refractivity contribution is 7.89. The largest absolute Gasteiger partial charge is 0.405 e. The summed E-state index contributed by atoms with van der Waals surface area (Å²) < 4.78 is 62.6. The van der Waals surface area contributed by atoms with Crippen LogP contribution in [-0.2, 0) is 10.0 Å². The summed E-state index contributed by atoms with van der Waals surface area (Å²) in [6.45, 7) is -0.771. The van der Waals surface area contributed by atoms with Gasteiger partial charge in [-0.15, -0.1) is 0 Å². The molecular weight excluding hydrogens is 357 g/mol. The second kappa shape index (κ2) is 6.66. The van der Waals surface area contributed by atoms with Crippen molar-refractivity contribution in [3.63, 3.8) is 0 Å². The van der Waals surface area contributed by atoms with E-state index in [1.165, 1.54) is 16.4 Å². The summed E-state index contributed by atoms with van der Waals surface area (Å²) in [5.74, 6) is -1.08. The van der Waals surface area contributed by atoms with Crippen LogP contribution < -0.4 is 5.32 Å². The Hall–Kier alpha value is -1.32. The van der Waals surface area contributed by atoms with E-state index in [-0.39, 0.29) is 15.5 Å². The lowest BCUT2D eigenvalue weighted by atomic mass is 10.2. The SMILES string of the molecule is O=C(NCC(F)(F)F)c1cc(S(=O)(=O)N2CCCC2)ccc1Cl. The molecule has 1 amide bonds. The second-order valence-corrected chi connectivity index (χ2v) is 7.40. The van der Waals surface area contributed by atoms with E-state index in [0.717, 1.165) is 18.9 Å². The van der Waals surface area contributed by atoms with Crippen molar-refractivity contribution in [3.8, 4) is 0 Å². The van der Waals surface area contributed by atoms with E-state index in [4.69, 9.17) is 11.6 Å². The quantitative estimate of drug-likeness (QED) is 0.885. The third-order valence-corrected chi connectivity index (χ3v) is 5.56. The van der Waals surface area contributed by atoms with Gasteiger partial charge < -0.3 is 5.32 Å². The Morgan fingerprint density at radius 3 is 2.43 bits per heavy atom. The summed E-state index contributed by atoms with van der Waals surface area (Å²) >= 11 is 5.80. The Labute approximate surface area is 136 Å². The highest BCUT2D eigenvalue weighted by Crippen LogP contribution is 2.25. The maximum atomic E-state index is 12.4. The monoisotopic (exact) mass is 370 g/mol. The van der Waals surface area contributed by atoms with Crippen LogP contribution in [0.25, 0.3) is 0 Å². The zero-order valence-corrected chi connectivity index (χ0v) is 13.4. The molecule has 0 radical (unpaired) electrons. The maximum absolute atomic E-state index is 12.4. The summed E-state index contributed by atoms with van der Waals surface area (Å²) in [5, 5.41) is 1.55. The van der Waals surface area contributed by atoms with E-state index in [1.807, 2.05) is 0 Å². The molecule has 1 fully saturated rings. The van der Waals surface area contributed by atoms with Gasteiger partial charge in [-0.3, -0.25) is 4.79 Å². The lowest BCUT2D eigenvalue weighted by Gasteiger charge is -2.16. The molecule has 0 spiro atoms. The number of sulfonamides is 1. The van der Waals surface area contributed by atoms with Crippen LogP contribution in [0.15, 0.2) is 23.1 Å². The smallest absolute Gasteiger partial charge is 0.343 e. The number of hydrogen-bond donors (Lipinski definition) is 1. The number of alkyl halides is 3. The van der Waals surface area contributed by atoms with Gasteiger partial charge in [0.05, 0.1) is 15.5 Å². The lowest BCUT2D eigenvalue weighted by molar-refractivity contribution is -0.123. The van der Waals surface area contributed by atoms with Crippen molar-refractivity contribution in [2.45, 2.75) is 23.9 Å². The van der Waals surface area contributed by atoms with E-state index in [9.17, 15) is 26.4 Å². The number of benzene rings is 1. The molecule has 10 heteroatoms. The van der Waals surface area contributed by atoms with Gasteiger partial charge in [-0.1, -0.05) is 11.6 Å². The Balaban J connectivity index is 2.27.